The number of halogens is 1. The van der Waals surface area contributed by atoms with Crippen LogP contribution in [0.3, 0.4) is 0 Å². The van der Waals surface area contributed by atoms with E-state index in [-0.39, 0.29) is 5.91 Å². The van der Waals surface area contributed by atoms with Gasteiger partial charge in [0.2, 0.25) is 0 Å². The van der Waals surface area contributed by atoms with Gasteiger partial charge in [-0.1, -0.05) is 60.1 Å². The van der Waals surface area contributed by atoms with Gasteiger partial charge in [0.1, 0.15) is 0 Å². The normalized spacial score (nSPS) is 20.0. The van der Waals surface area contributed by atoms with Crippen LogP contribution in [0.5, 0.6) is 0 Å². The zero-order valence-corrected chi connectivity index (χ0v) is 17.2. The summed E-state index contributed by atoms with van der Waals surface area (Å²) in [7, 11) is 0. The first-order valence-corrected chi connectivity index (χ1v) is 10.3. The number of benzene rings is 2. The first-order chi connectivity index (χ1) is 13.0. The third kappa shape index (κ3) is 3.77. The molecule has 0 aliphatic carbocycles. The van der Waals surface area contributed by atoms with Gasteiger partial charge >= 0.3 is 0 Å². The number of para-hydroxylation sites is 1. The first-order valence-electron chi connectivity index (χ1n) is 9.46. The van der Waals surface area contributed by atoms with Crippen molar-refractivity contribution < 1.29 is 4.79 Å². The molecule has 0 radical (unpaired) electrons. The molecule has 1 saturated heterocycles. The van der Waals surface area contributed by atoms with Crippen LogP contribution in [0.1, 0.15) is 30.6 Å². The predicted octanol–water partition coefficient (Wildman–Crippen LogP) is 5.78. The van der Waals surface area contributed by atoms with Crippen molar-refractivity contribution in [3.8, 4) is 11.3 Å². The number of aromatic nitrogens is 1. The van der Waals surface area contributed by atoms with Crippen molar-refractivity contribution in [1.82, 2.24) is 9.88 Å². The fourth-order valence-corrected chi connectivity index (χ4v) is 4.55. The Hall–Kier alpha value is -2.20. The molecular formula is C23H23BrN2O. The lowest BCUT2D eigenvalue weighted by molar-refractivity contribution is 0.0625. The quantitative estimate of drug-likeness (QED) is 0.523. The zero-order chi connectivity index (χ0) is 19.0. The van der Waals surface area contributed by atoms with Crippen LogP contribution in [-0.2, 0) is 0 Å². The SMILES string of the molecule is C[C@@H]1C[C@@H](C)CN(C(=O)c2cc(-c3cccc(Br)c3)nc3ccccc23)C1. The van der Waals surface area contributed by atoms with Gasteiger partial charge in [-0.2, -0.15) is 0 Å². The summed E-state index contributed by atoms with van der Waals surface area (Å²) < 4.78 is 1.00. The van der Waals surface area contributed by atoms with E-state index >= 15 is 0 Å². The lowest BCUT2D eigenvalue weighted by atomic mass is 9.91. The minimum absolute atomic E-state index is 0.114. The number of hydrogen-bond donors (Lipinski definition) is 0. The lowest BCUT2D eigenvalue weighted by Crippen LogP contribution is -2.42. The number of piperidine rings is 1. The Labute approximate surface area is 168 Å². The Morgan fingerprint density at radius 1 is 1.04 bits per heavy atom. The molecule has 4 rings (SSSR count). The summed E-state index contributed by atoms with van der Waals surface area (Å²) in [5.41, 5.74) is 3.44. The molecule has 0 N–H and O–H groups in total. The molecule has 0 unspecified atom stereocenters. The second-order valence-electron chi connectivity index (χ2n) is 7.74. The molecule has 2 aromatic carbocycles. The van der Waals surface area contributed by atoms with Crippen LogP contribution >= 0.6 is 15.9 Å². The number of nitrogens with zero attached hydrogens (tertiary/aromatic N) is 2. The molecule has 0 spiro atoms. The molecule has 0 saturated carbocycles. The Kier molecular flexibility index (Phi) is 5.00. The maximum absolute atomic E-state index is 13.4. The van der Waals surface area contributed by atoms with Gasteiger partial charge in [0.15, 0.2) is 0 Å². The monoisotopic (exact) mass is 422 g/mol. The molecule has 138 valence electrons. The van der Waals surface area contributed by atoms with Gasteiger partial charge in [-0.15, -0.1) is 0 Å². The molecule has 1 aliphatic heterocycles. The Morgan fingerprint density at radius 2 is 1.78 bits per heavy atom. The number of carbonyl (C=O) groups excluding carboxylic acids is 1. The molecule has 1 fully saturated rings. The molecule has 3 nitrogen and oxygen atoms in total. The minimum Gasteiger partial charge on any atom is -0.338 e. The third-order valence-corrected chi connectivity index (χ3v) is 5.72. The van der Waals surface area contributed by atoms with Crippen molar-refractivity contribution in [2.75, 3.05) is 13.1 Å². The molecular weight excluding hydrogens is 400 g/mol. The van der Waals surface area contributed by atoms with Crippen LogP contribution in [0, 0.1) is 11.8 Å². The second kappa shape index (κ2) is 7.43. The highest BCUT2D eigenvalue weighted by atomic mass is 79.9. The number of carbonyl (C=O) groups is 1. The van der Waals surface area contributed by atoms with Crippen LogP contribution in [0.25, 0.3) is 22.2 Å². The molecule has 3 aromatic rings. The number of pyridine rings is 1. The number of rotatable bonds is 2. The number of hydrogen-bond acceptors (Lipinski definition) is 2. The van der Waals surface area contributed by atoms with Gasteiger partial charge in [0, 0.05) is 28.5 Å². The van der Waals surface area contributed by atoms with E-state index in [4.69, 9.17) is 4.98 Å². The molecule has 27 heavy (non-hydrogen) atoms. The van der Waals surface area contributed by atoms with E-state index in [1.807, 2.05) is 59.5 Å². The summed E-state index contributed by atoms with van der Waals surface area (Å²) in [6.45, 7) is 6.11. The molecule has 4 heteroatoms. The van der Waals surface area contributed by atoms with E-state index in [0.29, 0.717) is 11.8 Å². The largest absolute Gasteiger partial charge is 0.338 e. The van der Waals surface area contributed by atoms with Crippen LogP contribution in [0.2, 0.25) is 0 Å². The van der Waals surface area contributed by atoms with Gasteiger partial charge < -0.3 is 4.90 Å². The second-order valence-corrected chi connectivity index (χ2v) is 8.65. The number of likely N-dealkylation sites (tertiary alicyclic amines) is 1. The zero-order valence-electron chi connectivity index (χ0n) is 15.7. The van der Waals surface area contributed by atoms with E-state index in [9.17, 15) is 4.79 Å². The van der Waals surface area contributed by atoms with Crippen molar-refractivity contribution in [3.63, 3.8) is 0 Å². The van der Waals surface area contributed by atoms with Gasteiger partial charge in [-0.25, -0.2) is 4.98 Å². The van der Waals surface area contributed by atoms with Crippen LogP contribution < -0.4 is 0 Å². The summed E-state index contributed by atoms with van der Waals surface area (Å²) in [5, 5.41) is 0.923. The molecule has 1 aromatic heterocycles. The molecule has 1 amide bonds. The van der Waals surface area contributed by atoms with Crippen molar-refractivity contribution in [2.45, 2.75) is 20.3 Å². The minimum atomic E-state index is 0.114. The maximum atomic E-state index is 13.4. The van der Waals surface area contributed by atoms with E-state index in [2.05, 4.69) is 29.8 Å². The first kappa shape index (κ1) is 18.2. The topological polar surface area (TPSA) is 33.2 Å². The van der Waals surface area contributed by atoms with Gasteiger partial charge in [-0.3, -0.25) is 4.79 Å². The standard InChI is InChI=1S/C23H23BrN2O/c1-15-10-16(2)14-26(13-15)23(27)20-12-22(17-6-5-7-18(24)11-17)25-21-9-4-3-8-19(20)21/h3-9,11-12,15-16H,10,13-14H2,1-2H3/t15-,16-/m1/s1. The van der Waals surface area contributed by atoms with Crippen molar-refractivity contribution in [2.24, 2.45) is 11.8 Å². The summed E-state index contributed by atoms with van der Waals surface area (Å²) in [4.78, 5) is 20.3. The van der Waals surface area contributed by atoms with Crippen LogP contribution in [0.15, 0.2) is 59.1 Å². The van der Waals surface area contributed by atoms with Crippen LogP contribution in [0.4, 0.5) is 0 Å². The fraction of sp³-hybridized carbons (Fsp3) is 0.304. The smallest absolute Gasteiger partial charge is 0.254 e. The van der Waals surface area contributed by atoms with Crippen molar-refractivity contribution in [3.05, 3.63) is 64.6 Å². The number of fused-ring (bicyclic) bond motifs is 1. The molecule has 2 atom stereocenters. The van der Waals surface area contributed by atoms with Crippen molar-refractivity contribution >= 4 is 32.7 Å². The summed E-state index contributed by atoms with van der Waals surface area (Å²) in [6.07, 6.45) is 1.18. The van der Waals surface area contributed by atoms with E-state index in [0.717, 1.165) is 45.3 Å². The Balaban J connectivity index is 1.82. The van der Waals surface area contributed by atoms with Gasteiger partial charge in [-0.05, 0) is 42.5 Å². The Bertz CT molecular complexity index is 991. The highest BCUT2D eigenvalue weighted by Gasteiger charge is 2.27. The van der Waals surface area contributed by atoms with Crippen LogP contribution in [-0.4, -0.2) is 28.9 Å². The fourth-order valence-electron chi connectivity index (χ4n) is 4.15. The van der Waals surface area contributed by atoms with E-state index < -0.39 is 0 Å². The van der Waals surface area contributed by atoms with Gasteiger partial charge in [0.05, 0.1) is 16.8 Å². The third-order valence-electron chi connectivity index (χ3n) is 5.22. The summed E-state index contributed by atoms with van der Waals surface area (Å²) >= 11 is 3.53. The van der Waals surface area contributed by atoms with Crippen molar-refractivity contribution in [1.29, 1.82) is 0 Å². The van der Waals surface area contributed by atoms with Gasteiger partial charge in [0.25, 0.3) is 5.91 Å². The Morgan fingerprint density at radius 3 is 2.52 bits per heavy atom. The average Bonchev–Trinajstić information content (AvgIpc) is 2.66. The van der Waals surface area contributed by atoms with E-state index in [1.165, 1.54) is 6.42 Å². The number of amides is 1. The van der Waals surface area contributed by atoms with E-state index in [1.54, 1.807) is 0 Å². The predicted molar refractivity (Wildman–Crippen MR) is 114 cm³/mol. The average molecular weight is 423 g/mol. The highest BCUT2D eigenvalue weighted by Crippen LogP contribution is 2.29. The summed E-state index contributed by atoms with van der Waals surface area (Å²) in [5.74, 6) is 1.19. The lowest BCUT2D eigenvalue weighted by Gasteiger charge is -2.35. The summed E-state index contributed by atoms with van der Waals surface area (Å²) in [6, 6.07) is 17.9. The molecule has 0 bridgehead atoms. The highest BCUT2D eigenvalue weighted by molar-refractivity contribution is 9.10. The maximum Gasteiger partial charge on any atom is 0.254 e. The molecule has 2 heterocycles. The molecule has 1 aliphatic rings.